The van der Waals surface area contributed by atoms with Crippen LogP contribution in [0.3, 0.4) is 0 Å². The van der Waals surface area contributed by atoms with E-state index in [-0.39, 0.29) is 11.8 Å². The minimum absolute atomic E-state index is 0.350. The SMILES string of the molecule is O=C1C(Sc2ccc(Cl)cc2)=C(c2cccs2)C(=O)N1c1ccccc1Cl. The third-order valence-corrected chi connectivity index (χ3v) is 6.49. The molecule has 0 N–H and O–H groups in total. The first kappa shape index (κ1) is 18.3. The fourth-order valence-corrected chi connectivity index (χ4v) is 4.88. The van der Waals surface area contributed by atoms with Gasteiger partial charge in [-0.15, -0.1) is 11.3 Å². The van der Waals surface area contributed by atoms with Crippen molar-refractivity contribution in [3.63, 3.8) is 0 Å². The van der Waals surface area contributed by atoms with E-state index in [4.69, 9.17) is 23.2 Å². The molecular weight excluding hydrogens is 421 g/mol. The van der Waals surface area contributed by atoms with Crippen LogP contribution in [0.15, 0.2) is 75.8 Å². The quantitative estimate of drug-likeness (QED) is 0.466. The Balaban J connectivity index is 1.81. The van der Waals surface area contributed by atoms with Gasteiger partial charge in [0.15, 0.2) is 0 Å². The van der Waals surface area contributed by atoms with Gasteiger partial charge < -0.3 is 0 Å². The minimum atomic E-state index is -0.378. The smallest absolute Gasteiger partial charge is 0.268 e. The lowest BCUT2D eigenvalue weighted by Crippen LogP contribution is -2.31. The maximum absolute atomic E-state index is 13.2. The van der Waals surface area contributed by atoms with E-state index in [1.807, 2.05) is 29.6 Å². The molecule has 2 aromatic carbocycles. The number of imide groups is 1. The number of rotatable bonds is 4. The predicted molar refractivity (Wildman–Crippen MR) is 112 cm³/mol. The normalized spacial score (nSPS) is 14.4. The van der Waals surface area contributed by atoms with Crippen molar-refractivity contribution in [3.8, 4) is 0 Å². The molecule has 0 unspecified atom stereocenters. The van der Waals surface area contributed by atoms with Gasteiger partial charge in [0.05, 0.1) is 21.2 Å². The molecule has 1 aliphatic rings. The summed E-state index contributed by atoms with van der Waals surface area (Å²) in [6.45, 7) is 0. The van der Waals surface area contributed by atoms with Crippen LogP contribution < -0.4 is 4.90 Å². The number of anilines is 1. The van der Waals surface area contributed by atoms with Crippen LogP contribution in [0.4, 0.5) is 5.69 Å². The third-order valence-electron chi connectivity index (χ3n) is 3.94. The summed E-state index contributed by atoms with van der Waals surface area (Å²) in [4.78, 5) is 29.5. The Kier molecular flexibility index (Phi) is 5.10. The fraction of sp³-hybridized carbons (Fsp3) is 0. The number of benzene rings is 2. The third kappa shape index (κ3) is 3.44. The van der Waals surface area contributed by atoms with E-state index in [9.17, 15) is 9.59 Å². The number of nitrogens with zero attached hydrogens (tertiary/aromatic N) is 1. The molecule has 134 valence electrons. The van der Waals surface area contributed by atoms with Gasteiger partial charge in [0.1, 0.15) is 0 Å². The molecule has 0 fully saturated rings. The molecule has 0 saturated carbocycles. The van der Waals surface area contributed by atoms with E-state index >= 15 is 0 Å². The summed E-state index contributed by atoms with van der Waals surface area (Å²) in [5, 5.41) is 2.84. The number of hydrogen-bond donors (Lipinski definition) is 0. The summed E-state index contributed by atoms with van der Waals surface area (Å²) in [6.07, 6.45) is 0. The van der Waals surface area contributed by atoms with Crippen LogP contribution in [0.2, 0.25) is 10.0 Å². The van der Waals surface area contributed by atoms with E-state index in [1.54, 1.807) is 36.4 Å². The van der Waals surface area contributed by atoms with Gasteiger partial charge in [-0.1, -0.05) is 53.2 Å². The lowest BCUT2D eigenvalue weighted by atomic mass is 10.2. The fourth-order valence-electron chi connectivity index (χ4n) is 2.71. The van der Waals surface area contributed by atoms with E-state index in [2.05, 4.69) is 0 Å². The maximum Gasteiger partial charge on any atom is 0.273 e. The van der Waals surface area contributed by atoms with Crippen molar-refractivity contribution in [2.24, 2.45) is 0 Å². The molecule has 0 bridgehead atoms. The lowest BCUT2D eigenvalue weighted by molar-refractivity contribution is -0.119. The predicted octanol–water partition coefficient (Wildman–Crippen LogP) is 6.13. The monoisotopic (exact) mass is 431 g/mol. The first-order valence-electron chi connectivity index (χ1n) is 7.91. The summed E-state index contributed by atoms with van der Waals surface area (Å²) < 4.78 is 0. The van der Waals surface area contributed by atoms with Crippen molar-refractivity contribution in [1.82, 2.24) is 0 Å². The molecular formula is C20H11Cl2NO2S2. The molecule has 3 aromatic rings. The van der Waals surface area contributed by atoms with Crippen LogP contribution in [0.1, 0.15) is 4.88 Å². The topological polar surface area (TPSA) is 37.4 Å². The van der Waals surface area contributed by atoms with Crippen LogP contribution in [0.5, 0.6) is 0 Å². The molecule has 1 aromatic heterocycles. The van der Waals surface area contributed by atoms with Gasteiger partial charge in [-0.05, 0) is 47.8 Å². The second-order valence-electron chi connectivity index (χ2n) is 5.63. The van der Waals surface area contributed by atoms with Gasteiger partial charge in [-0.2, -0.15) is 0 Å². The molecule has 4 rings (SSSR count). The van der Waals surface area contributed by atoms with Gasteiger partial charge in [0, 0.05) is 14.8 Å². The molecule has 0 radical (unpaired) electrons. The number of thioether (sulfide) groups is 1. The number of halogens is 2. The highest BCUT2D eigenvalue weighted by molar-refractivity contribution is 8.04. The average molecular weight is 432 g/mol. The second-order valence-corrected chi connectivity index (χ2v) is 8.51. The lowest BCUT2D eigenvalue weighted by Gasteiger charge is -2.16. The molecule has 27 heavy (non-hydrogen) atoms. The second kappa shape index (κ2) is 7.52. The highest BCUT2D eigenvalue weighted by atomic mass is 35.5. The highest BCUT2D eigenvalue weighted by Gasteiger charge is 2.41. The largest absolute Gasteiger partial charge is 0.273 e. The van der Waals surface area contributed by atoms with Gasteiger partial charge in [0.2, 0.25) is 0 Å². The summed E-state index contributed by atoms with van der Waals surface area (Å²) in [7, 11) is 0. The Bertz CT molecular complexity index is 1060. The maximum atomic E-state index is 13.2. The number of para-hydroxylation sites is 1. The first-order chi connectivity index (χ1) is 13.1. The molecule has 1 aliphatic heterocycles. The standard InChI is InChI=1S/C20H11Cl2NO2S2/c21-12-7-9-13(10-8-12)27-18-17(16-6-3-11-26-16)19(24)23(20(18)25)15-5-2-1-4-14(15)22/h1-11H. The van der Waals surface area contributed by atoms with Crippen LogP contribution >= 0.6 is 46.3 Å². The Labute approximate surface area is 174 Å². The molecule has 7 heteroatoms. The van der Waals surface area contributed by atoms with E-state index in [1.165, 1.54) is 23.1 Å². The number of carbonyl (C=O) groups excluding carboxylic acids is 2. The summed E-state index contributed by atoms with van der Waals surface area (Å²) in [5.41, 5.74) is 0.782. The zero-order valence-electron chi connectivity index (χ0n) is 13.7. The minimum Gasteiger partial charge on any atom is -0.268 e. The van der Waals surface area contributed by atoms with Gasteiger partial charge in [-0.3, -0.25) is 9.59 Å². The number of thiophene rings is 1. The zero-order valence-corrected chi connectivity index (χ0v) is 16.8. The van der Waals surface area contributed by atoms with Crippen molar-refractivity contribution in [2.45, 2.75) is 4.90 Å². The van der Waals surface area contributed by atoms with Crippen LogP contribution in [-0.4, -0.2) is 11.8 Å². The molecule has 0 spiro atoms. The van der Waals surface area contributed by atoms with E-state index < -0.39 is 0 Å². The van der Waals surface area contributed by atoms with E-state index in [0.29, 0.717) is 26.2 Å². The Morgan fingerprint density at radius 3 is 2.26 bits per heavy atom. The summed E-state index contributed by atoms with van der Waals surface area (Å²) >= 11 is 14.9. The summed E-state index contributed by atoms with van der Waals surface area (Å²) in [5.74, 6) is -0.747. The van der Waals surface area contributed by atoms with E-state index in [0.717, 1.165) is 14.7 Å². The molecule has 3 nitrogen and oxygen atoms in total. The van der Waals surface area contributed by atoms with Crippen LogP contribution in [0.25, 0.3) is 5.57 Å². The Hall–Kier alpha value is -2.05. The van der Waals surface area contributed by atoms with Crippen LogP contribution in [-0.2, 0) is 9.59 Å². The van der Waals surface area contributed by atoms with Crippen LogP contribution in [0, 0.1) is 0 Å². The van der Waals surface area contributed by atoms with Crippen molar-refractivity contribution in [1.29, 1.82) is 0 Å². The van der Waals surface area contributed by atoms with Crippen molar-refractivity contribution in [2.75, 3.05) is 4.90 Å². The van der Waals surface area contributed by atoms with Gasteiger partial charge >= 0.3 is 0 Å². The zero-order chi connectivity index (χ0) is 19.0. The summed E-state index contributed by atoms with van der Waals surface area (Å²) in [6, 6.07) is 17.7. The molecule has 0 saturated heterocycles. The van der Waals surface area contributed by atoms with Gasteiger partial charge in [0.25, 0.3) is 11.8 Å². The van der Waals surface area contributed by atoms with Crippen molar-refractivity contribution >= 4 is 69.4 Å². The first-order valence-corrected chi connectivity index (χ1v) is 10.4. The molecule has 0 atom stereocenters. The number of hydrogen-bond acceptors (Lipinski definition) is 4. The average Bonchev–Trinajstić information content (AvgIpc) is 3.25. The molecule has 0 aliphatic carbocycles. The van der Waals surface area contributed by atoms with Gasteiger partial charge in [-0.25, -0.2) is 4.90 Å². The molecule has 2 heterocycles. The Morgan fingerprint density at radius 2 is 1.59 bits per heavy atom. The van der Waals surface area contributed by atoms with Crippen molar-refractivity contribution < 1.29 is 9.59 Å². The number of carbonyl (C=O) groups is 2. The van der Waals surface area contributed by atoms with Crippen molar-refractivity contribution in [3.05, 3.63) is 85.9 Å². The Morgan fingerprint density at radius 1 is 0.852 bits per heavy atom. The highest BCUT2D eigenvalue weighted by Crippen LogP contribution is 2.43. The number of amides is 2. The molecule has 2 amide bonds.